The number of aromatic nitrogens is 3. The van der Waals surface area contributed by atoms with Crippen molar-refractivity contribution in [1.82, 2.24) is 20.2 Å². The van der Waals surface area contributed by atoms with Crippen molar-refractivity contribution in [3.05, 3.63) is 95.8 Å². The number of rotatable bonds is 10. The van der Waals surface area contributed by atoms with Crippen molar-refractivity contribution in [2.45, 2.75) is 37.7 Å². The van der Waals surface area contributed by atoms with Crippen LogP contribution in [0.15, 0.2) is 89.1 Å². The number of aryl methyl sites for hydroxylation is 1. The van der Waals surface area contributed by atoms with Gasteiger partial charge in [0.2, 0.25) is 0 Å². The zero-order valence-corrected chi connectivity index (χ0v) is 22.1. The maximum absolute atomic E-state index is 12.8. The number of ether oxygens (including phenoxy) is 1. The number of nitrogens with one attached hydrogen (secondary N) is 2. The highest BCUT2D eigenvalue weighted by atomic mass is 32.2. The number of hydrogen-bond donors (Lipinski definition) is 2. The number of carbonyl (C=O) groups is 1. The molecule has 0 saturated heterocycles. The molecule has 2 N–H and O–H groups in total. The molecule has 8 nitrogen and oxygen atoms in total. The van der Waals surface area contributed by atoms with Gasteiger partial charge in [-0.05, 0) is 62.7 Å². The summed E-state index contributed by atoms with van der Waals surface area (Å²) in [6.45, 7) is 6.19. The molecular weight excluding hydrogens is 484 g/mol. The van der Waals surface area contributed by atoms with Crippen LogP contribution >= 0.6 is 11.8 Å². The first-order valence-electron chi connectivity index (χ1n) is 11.9. The molecule has 37 heavy (non-hydrogen) atoms. The predicted molar refractivity (Wildman–Crippen MR) is 149 cm³/mol. The van der Waals surface area contributed by atoms with Crippen LogP contribution in [0, 0.1) is 6.92 Å². The molecule has 0 fully saturated rings. The lowest BCUT2D eigenvalue weighted by atomic mass is 10.1. The number of amides is 1. The van der Waals surface area contributed by atoms with E-state index in [9.17, 15) is 4.79 Å². The second-order valence-corrected chi connectivity index (χ2v) is 9.76. The fourth-order valence-electron chi connectivity index (χ4n) is 3.52. The third-order valence-electron chi connectivity index (χ3n) is 5.71. The Morgan fingerprint density at radius 1 is 1.03 bits per heavy atom. The lowest BCUT2D eigenvalue weighted by Crippen LogP contribution is -2.28. The first kappa shape index (κ1) is 26.0. The van der Waals surface area contributed by atoms with Crippen LogP contribution in [0.5, 0.6) is 5.75 Å². The number of hydrazone groups is 1. The maximum atomic E-state index is 12.8. The Hall–Kier alpha value is -4.11. The van der Waals surface area contributed by atoms with Crippen molar-refractivity contribution >= 4 is 29.1 Å². The second kappa shape index (κ2) is 12.2. The summed E-state index contributed by atoms with van der Waals surface area (Å²) in [5.41, 5.74) is 7.42. The molecule has 0 unspecified atom stereocenters. The Balaban J connectivity index is 1.47. The topological polar surface area (TPSA) is 93.4 Å². The minimum Gasteiger partial charge on any atom is -0.497 e. The summed E-state index contributed by atoms with van der Waals surface area (Å²) in [5.74, 6) is 1.31. The van der Waals surface area contributed by atoms with E-state index in [-0.39, 0.29) is 5.91 Å². The van der Waals surface area contributed by atoms with Gasteiger partial charge in [0.05, 0.1) is 24.6 Å². The summed E-state index contributed by atoms with van der Waals surface area (Å²) < 4.78 is 7.19. The van der Waals surface area contributed by atoms with Gasteiger partial charge in [0.1, 0.15) is 5.75 Å². The summed E-state index contributed by atoms with van der Waals surface area (Å²) in [7, 11) is 1.64. The van der Waals surface area contributed by atoms with E-state index < -0.39 is 5.25 Å². The standard InChI is InChI=1S/C28H30N6O2S/c1-19-10-12-22(13-11-19)20(2)30-32-27(35)21(3)37-28-33-31-26(34(28)24-8-6-5-7-9-24)18-29-23-14-16-25(36-4)17-15-23/h5-17,21,29H,18H2,1-4H3,(H,32,35)/b30-20-/t21-/m0/s1. The molecule has 0 saturated carbocycles. The van der Waals surface area contributed by atoms with Gasteiger partial charge in [0, 0.05) is 11.4 Å². The lowest BCUT2D eigenvalue weighted by molar-refractivity contribution is -0.120. The number of benzene rings is 3. The molecule has 1 aromatic heterocycles. The summed E-state index contributed by atoms with van der Waals surface area (Å²) >= 11 is 1.33. The van der Waals surface area contributed by atoms with Gasteiger partial charge in [0.15, 0.2) is 11.0 Å². The molecule has 1 amide bonds. The summed E-state index contributed by atoms with van der Waals surface area (Å²) in [6, 6.07) is 25.6. The van der Waals surface area contributed by atoms with Gasteiger partial charge >= 0.3 is 0 Å². The zero-order chi connectivity index (χ0) is 26.2. The van der Waals surface area contributed by atoms with E-state index >= 15 is 0 Å². The molecule has 9 heteroatoms. The lowest BCUT2D eigenvalue weighted by Gasteiger charge is -2.14. The van der Waals surface area contributed by atoms with Crippen molar-refractivity contribution in [2.75, 3.05) is 12.4 Å². The molecule has 190 valence electrons. The monoisotopic (exact) mass is 514 g/mol. The highest BCUT2D eigenvalue weighted by molar-refractivity contribution is 8.00. The maximum Gasteiger partial charge on any atom is 0.253 e. The second-order valence-electron chi connectivity index (χ2n) is 8.45. The van der Waals surface area contributed by atoms with Crippen LogP contribution in [0.25, 0.3) is 5.69 Å². The number of thioether (sulfide) groups is 1. The van der Waals surface area contributed by atoms with Crippen LogP contribution in [0.1, 0.15) is 30.8 Å². The molecule has 0 radical (unpaired) electrons. The van der Waals surface area contributed by atoms with E-state index in [0.717, 1.165) is 34.2 Å². The summed E-state index contributed by atoms with van der Waals surface area (Å²) in [6.07, 6.45) is 0. The molecular formula is C28H30N6O2S. The normalized spacial score (nSPS) is 12.2. The molecule has 0 spiro atoms. The minimum atomic E-state index is -0.441. The largest absolute Gasteiger partial charge is 0.497 e. The Kier molecular flexibility index (Phi) is 8.58. The summed E-state index contributed by atoms with van der Waals surface area (Å²) in [5, 5.41) is 16.7. The van der Waals surface area contributed by atoms with Crippen LogP contribution in [-0.4, -0.2) is 38.7 Å². The van der Waals surface area contributed by atoms with E-state index in [1.807, 2.05) is 104 Å². The van der Waals surface area contributed by atoms with Crippen molar-refractivity contribution in [3.63, 3.8) is 0 Å². The molecule has 0 bridgehead atoms. The van der Waals surface area contributed by atoms with Gasteiger partial charge in [-0.2, -0.15) is 5.10 Å². The number of para-hydroxylation sites is 1. The molecule has 1 atom stereocenters. The van der Waals surface area contributed by atoms with Gasteiger partial charge < -0.3 is 10.1 Å². The fraction of sp³-hybridized carbons (Fsp3) is 0.214. The van der Waals surface area contributed by atoms with Gasteiger partial charge in [-0.3, -0.25) is 9.36 Å². The number of anilines is 1. The quantitative estimate of drug-likeness (QED) is 0.171. The molecule has 0 aliphatic rings. The molecule has 4 aromatic rings. The van der Waals surface area contributed by atoms with Gasteiger partial charge in [-0.1, -0.05) is 59.8 Å². The molecule has 0 aliphatic heterocycles. The first-order valence-corrected chi connectivity index (χ1v) is 12.8. The van der Waals surface area contributed by atoms with Gasteiger partial charge in [0.25, 0.3) is 5.91 Å². The average Bonchev–Trinajstić information content (AvgIpc) is 3.33. The van der Waals surface area contributed by atoms with Gasteiger partial charge in [-0.25, -0.2) is 5.43 Å². The number of methoxy groups -OCH3 is 1. The number of carbonyl (C=O) groups excluding carboxylic acids is 1. The highest BCUT2D eigenvalue weighted by Gasteiger charge is 2.21. The van der Waals surface area contributed by atoms with Crippen molar-refractivity contribution in [2.24, 2.45) is 5.10 Å². The molecule has 0 aliphatic carbocycles. The predicted octanol–water partition coefficient (Wildman–Crippen LogP) is 5.22. The Morgan fingerprint density at radius 2 is 1.73 bits per heavy atom. The van der Waals surface area contributed by atoms with E-state index in [0.29, 0.717) is 11.7 Å². The van der Waals surface area contributed by atoms with Crippen molar-refractivity contribution in [3.8, 4) is 11.4 Å². The fourth-order valence-corrected chi connectivity index (χ4v) is 4.40. The smallest absolute Gasteiger partial charge is 0.253 e. The number of nitrogens with zero attached hydrogens (tertiary/aromatic N) is 4. The van der Waals surface area contributed by atoms with E-state index in [2.05, 4.69) is 26.0 Å². The average molecular weight is 515 g/mol. The van der Waals surface area contributed by atoms with Crippen LogP contribution in [0.3, 0.4) is 0 Å². The van der Waals surface area contributed by atoms with E-state index in [1.54, 1.807) is 7.11 Å². The van der Waals surface area contributed by atoms with E-state index in [1.165, 1.54) is 17.3 Å². The SMILES string of the molecule is COc1ccc(NCc2nnc(S[C@@H](C)C(=O)N/N=C(/C)c3ccc(C)cc3)n2-c2ccccc2)cc1. The van der Waals surface area contributed by atoms with Crippen molar-refractivity contribution in [1.29, 1.82) is 0 Å². The third kappa shape index (κ3) is 6.77. The van der Waals surface area contributed by atoms with Crippen LogP contribution < -0.4 is 15.5 Å². The van der Waals surface area contributed by atoms with Crippen molar-refractivity contribution < 1.29 is 9.53 Å². The zero-order valence-electron chi connectivity index (χ0n) is 21.3. The van der Waals surface area contributed by atoms with E-state index in [4.69, 9.17) is 4.74 Å². The molecule has 1 heterocycles. The molecule has 4 rings (SSSR count). The third-order valence-corrected chi connectivity index (χ3v) is 6.75. The minimum absolute atomic E-state index is 0.211. The van der Waals surface area contributed by atoms with Gasteiger partial charge in [-0.15, -0.1) is 10.2 Å². The molecule has 3 aromatic carbocycles. The Bertz CT molecular complexity index is 1350. The van der Waals surface area contributed by atoms with Crippen LogP contribution in [0.4, 0.5) is 5.69 Å². The highest BCUT2D eigenvalue weighted by Crippen LogP contribution is 2.26. The van der Waals surface area contributed by atoms with Crippen LogP contribution in [0.2, 0.25) is 0 Å². The van der Waals surface area contributed by atoms with Crippen LogP contribution in [-0.2, 0) is 11.3 Å². The first-order chi connectivity index (χ1) is 17.9. The number of hydrogen-bond acceptors (Lipinski definition) is 7. The Morgan fingerprint density at radius 3 is 2.41 bits per heavy atom. The Labute approximate surface area is 221 Å². The summed E-state index contributed by atoms with van der Waals surface area (Å²) in [4.78, 5) is 12.8.